The molecule has 0 aliphatic carbocycles. The van der Waals surface area contributed by atoms with Crippen LogP contribution >= 0.6 is 0 Å². The van der Waals surface area contributed by atoms with Crippen molar-refractivity contribution >= 4 is 0 Å². The minimum atomic E-state index is 0.109. The van der Waals surface area contributed by atoms with Crippen molar-refractivity contribution in [3.05, 3.63) is 84.0 Å². The lowest BCUT2D eigenvalue weighted by molar-refractivity contribution is 0.0845. The normalized spacial score (nSPS) is 16.3. The van der Waals surface area contributed by atoms with E-state index in [2.05, 4.69) is 75.3 Å². The molecule has 0 bridgehead atoms. The molecular weight excluding hydrogens is 400 g/mol. The number of rotatable bonds is 6. The summed E-state index contributed by atoms with van der Waals surface area (Å²) >= 11 is 0. The molecule has 0 saturated carbocycles. The van der Waals surface area contributed by atoms with Crippen molar-refractivity contribution in [1.82, 2.24) is 29.7 Å². The predicted octanol–water partition coefficient (Wildman–Crippen LogP) is 4.11. The number of benzene rings is 2. The zero-order chi connectivity index (χ0) is 21.9. The van der Waals surface area contributed by atoms with Crippen LogP contribution in [0.3, 0.4) is 0 Å². The summed E-state index contributed by atoms with van der Waals surface area (Å²) < 4.78 is 7.49. The number of aryl methyl sites for hydroxylation is 1. The van der Waals surface area contributed by atoms with E-state index in [4.69, 9.17) is 4.52 Å². The summed E-state index contributed by atoms with van der Waals surface area (Å²) in [7, 11) is 0. The summed E-state index contributed by atoms with van der Waals surface area (Å²) in [5.41, 5.74) is 4.61. The Morgan fingerprint density at radius 3 is 2.41 bits per heavy atom. The first-order valence-electron chi connectivity index (χ1n) is 11.1. The van der Waals surface area contributed by atoms with E-state index < -0.39 is 0 Å². The van der Waals surface area contributed by atoms with Crippen molar-refractivity contribution in [2.75, 3.05) is 26.2 Å². The molecule has 1 fully saturated rings. The SMILES string of the molecule is Cc1ccc(-c2noc(C(C)N3CCN(Cc4ccc(-n5cccn5)cc4)CC3)n2)cc1. The fraction of sp³-hybridized carbons (Fsp3) is 0.320. The van der Waals surface area contributed by atoms with Crippen molar-refractivity contribution in [3.63, 3.8) is 0 Å². The van der Waals surface area contributed by atoms with Crippen molar-refractivity contribution in [1.29, 1.82) is 0 Å². The third-order valence-corrected chi connectivity index (χ3v) is 6.17. The summed E-state index contributed by atoms with van der Waals surface area (Å²) in [6.07, 6.45) is 3.76. The Kier molecular flexibility index (Phi) is 5.83. The van der Waals surface area contributed by atoms with Crippen LogP contribution in [0.15, 0.2) is 71.5 Å². The van der Waals surface area contributed by atoms with Crippen LogP contribution in [-0.2, 0) is 6.54 Å². The molecule has 1 atom stereocenters. The van der Waals surface area contributed by atoms with Gasteiger partial charge in [0.05, 0.1) is 11.7 Å². The van der Waals surface area contributed by atoms with Crippen molar-refractivity contribution in [3.8, 4) is 17.1 Å². The largest absolute Gasteiger partial charge is 0.337 e. The van der Waals surface area contributed by atoms with Crippen LogP contribution in [0.2, 0.25) is 0 Å². The van der Waals surface area contributed by atoms with Gasteiger partial charge < -0.3 is 4.52 Å². The van der Waals surface area contributed by atoms with E-state index in [1.807, 2.05) is 29.1 Å². The molecule has 0 amide bonds. The highest BCUT2D eigenvalue weighted by Crippen LogP contribution is 2.24. The van der Waals surface area contributed by atoms with E-state index in [1.54, 1.807) is 6.20 Å². The first-order valence-corrected chi connectivity index (χ1v) is 11.1. The molecule has 7 nitrogen and oxygen atoms in total. The van der Waals surface area contributed by atoms with Gasteiger partial charge in [0.25, 0.3) is 0 Å². The molecular formula is C25H28N6O. The smallest absolute Gasteiger partial charge is 0.244 e. The number of hydrogen-bond donors (Lipinski definition) is 0. The lowest BCUT2D eigenvalue weighted by Crippen LogP contribution is -2.46. The fourth-order valence-corrected chi connectivity index (χ4v) is 4.12. The predicted molar refractivity (Wildman–Crippen MR) is 123 cm³/mol. The standard InChI is InChI=1S/C25H28N6O/c1-19-4-8-22(9-5-19)24-27-25(32-28-24)20(2)30-16-14-29(15-17-30)18-21-6-10-23(11-7-21)31-13-3-12-26-31/h3-13,20H,14-18H2,1-2H3. The van der Waals surface area contributed by atoms with E-state index in [-0.39, 0.29) is 6.04 Å². The first-order chi connectivity index (χ1) is 15.7. The molecule has 5 rings (SSSR count). The van der Waals surface area contributed by atoms with Crippen LogP contribution < -0.4 is 0 Å². The van der Waals surface area contributed by atoms with E-state index in [0.29, 0.717) is 11.7 Å². The highest BCUT2D eigenvalue weighted by Gasteiger charge is 2.26. The second-order valence-corrected chi connectivity index (χ2v) is 8.43. The first kappa shape index (κ1) is 20.6. The molecule has 7 heteroatoms. The Labute approximate surface area is 188 Å². The maximum atomic E-state index is 5.61. The van der Waals surface area contributed by atoms with E-state index in [0.717, 1.165) is 44.0 Å². The van der Waals surface area contributed by atoms with Gasteiger partial charge in [0.1, 0.15) is 0 Å². The molecule has 1 unspecified atom stereocenters. The summed E-state index contributed by atoms with van der Waals surface area (Å²) in [6.45, 7) is 9.18. The summed E-state index contributed by atoms with van der Waals surface area (Å²) in [6, 6.07) is 18.9. The van der Waals surface area contributed by atoms with Crippen LogP contribution in [-0.4, -0.2) is 55.9 Å². The molecule has 2 aromatic heterocycles. The van der Waals surface area contributed by atoms with Crippen molar-refractivity contribution in [2.24, 2.45) is 0 Å². The zero-order valence-electron chi connectivity index (χ0n) is 18.6. The minimum Gasteiger partial charge on any atom is -0.337 e. The lowest BCUT2D eigenvalue weighted by Gasteiger charge is -2.36. The van der Waals surface area contributed by atoms with Gasteiger partial charge in [-0.15, -0.1) is 0 Å². The minimum absolute atomic E-state index is 0.109. The van der Waals surface area contributed by atoms with Crippen LogP contribution in [0.1, 0.15) is 30.0 Å². The molecule has 4 aromatic rings. The molecule has 0 spiro atoms. The Balaban J connectivity index is 1.15. The Bertz CT molecular complexity index is 1130. The molecule has 1 aliphatic rings. The van der Waals surface area contributed by atoms with E-state index >= 15 is 0 Å². The highest BCUT2D eigenvalue weighted by atomic mass is 16.5. The molecule has 1 aliphatic heterocycles. The maximum absolute atomic E-state index is 5.61. The summed E-state index contributed by atoms with van der Waals surface area (Å²) in [4.78, 5) is 9.58. The van der Waals surface area contributed by atoms with Gasteiger partial charge in [-0.1, -0.05) is 47.1 Å². The Morgan fingerprint density at radius 1 is 0.969 bits per heavy atom. The third-order valence-electron chi connectivity index (χ3n) is 6.17. The quantitative estimate of drug-likeness (QED) is 0.461. The van der Waals surface area contributed by atoms with Gasteiger partial charge in [-0.2, -0.15) is 10.1 Å². The second-order valence-electron chi connectivity index (χ2n) is 8.43. The van der Waals surface area contributed by atoms with Gasteiger partial charge in [0, 0.05) is 50.7 Å². The molecule has 2 aromatic carbocycles. The van der Waals surface area contributed by atoms with Crippen molar-refractivity contribution in [2.45, 2.75) is 26.4 Å². The maximum Gasteiger partial charge on any atom is 0.244 e. The number of nitrogens with zero attached hydrogens (tertiary/aromatic N) is 6. The summed E-state index contributed by atoms with van der Waals surface area (Å²) in [5.74, 6) is 1.34. The fourth-order valence-electron chi connectivity index (χ4n) is 4.12. The summed E-state index contributed by atoms with van der Waals surface area (Å²) in [5, 5.41) is 8.49. The molecule has 0 radical (unpaired) electrons. The van der Waals surface area contributed by atoms with E-state index in [9.17, 15) is 0 Å². The van der Waals surface area contributed by atoms with Crippen LogP contribution in [0.4, 0.5) is 0 Å². The van der Waals surface area contributed by atoms with Crippen LogP contribution in [0, 0.1) is 6.92 Å². The van der Waals surface area contributed by atoms with E-state index in [1.165, 1.54) is 11.1 Å². The van der Waals surface area contributed by atoms with Crippen LogP contribution in [0.25, 0.3) is 17.1 Å². The number of hydrogen-bond acceptors (Lipinski definition) is 6. The lowest BCUT2D eigenvalue weighted by atomic mass is 10.1. The van der Waals surface area contributed by atoms with Gasteiger partial charge >= 0.3 is 0 Å². The Hall–Kier alpha value is -3.29. The van der Waals surface area contributed by atoms with Gasteiger partial charge in [-0.3, -0.25) is 9.80 Å². The third kappa shape index (κ3) is 4.49. The van der Waals surface area contributed by atoms with Gasteiger partial charge in [-0.25, -0.2) is 4.68 Å². The molecule has 3 heterocycles. The molecule has 32 heavy (non-hydrogen) atoms. The highest BCUT2D eigenvalue weighted by molar-refractivity contribution is 5.54. The number of piperazine rings is 1. The second kappa shape index (κ2) is 9.06. The average Bonchev–Trinajstić information content (AvgIpc) is 3.53. The van der Waals surface area contributed by atoms with Gasteiger partial charge in [0.2, 0.25) is 11.7 Å². The zero-order valence-corrected chi connectivity index (χ0v) is 18.6. The molecule has 1 saturated heterocycles. The van der Waals surface area contributed by atoms with Gasteiger partial charge in [0.15, 0.2) is 0 Å². The number of aromatic nitrogens is 4. The molecule has 164 valence electrons. The molecule has 0 N–H and O–H groups in total. The van der Waals surface area contributed by atoms with Crippen LogP contribution in [0.5, 0.6) is 0 Å². The van der Waals surface area contributed by atoms with Gasteiger partial charge in [-0.05, 0) is 37.6 Å². The van der Waals surface area contributed by atoms with Crippen molar-refractivity contribution < 1.29 is 4.52 Å². The Morgan fingerprint density at radius 2 is 1.72 bits per heavy atom. The topological polar surface area (TPSA) is 63.2 Å². The monoisotopic (exact) mass is 428 g/mol. The average molecular weight is 429 g/mol.